The first-order valence-electron chi connectivity index (χ1n) is 9.20. The smallest absolute Gasteiger partial charge is 0.319 e. The van der Waals surface area contributed by atoms with Crippen LogP contribution in [0.15, 0.2) is 42.5 Å². The summed E-state index contributed by atoms with van der Waals surface area (Å²) in [5.41, 5.74) is 1.30. The number of amides is 3. The molecule has 0 unspecified atom stereocenters. The molecular weight excluding hydrogens is 397 g/mol. The van der Waals surface area contributed by atoms with E-state index in [4.69, 9.17) is 23.2 Å². The molecule has 2 aromatic rings. The van der Waals surface area contributed by atoms with Crippen LogP contribution in [0, 0.1) is 0 Å². The number of rotatable bonds is 4. The Hall–Kier alpha value is -2.24. The lowest BCUT2D eigenvalue weighted by Gasteiger charge is -2.27. The fourth-order valence-corrected chi connectivity index (χ4v) is 3.53. The van der Waals surface area contributed by atoms with Gasteiger partial charge in [0.1, 0.15) is 0 Å². The number of halogens is 2. The molecule has 0 spiro atoms. The summed E-state index contributed by atoms with van der Waals surface area (Å²) in [5, 5.41) is 6.62. The molecule has 1 heterocycles. The van der Waals surface area contributed by atoms with Gasteiger partial charge in [-0.15, -0.1) is 0 Å². The average Bonchev–Trinajstić information content (AvgIpc) is 3.17. The largest absolute Gasteiger partial charge is 0.339 e. The molecule has 3 amide bonds. The lowest BCUT2D eigenvalue weighted by Crippen LogP contribution is -2.43. The predicted molar refractivity (Wildman–Crippen MR) is 113 cm³/mol. The third-order valence-corrected chi connectivity index (χ3v) is 5.57. The Morgan fingerprint density at radius 3 is 2.39 bits per heavy atom. The molecule has 2 aromatic carbocycles. The van der Waals surface area contributed by atoms with Gasteiger partial charge in [0.2, 0.25) is 0 Å². The summed E-state index contributed by atoms with van der Waals surface area (Å²) in [7, 11) is 0. The number of nitrogens with zero attached hydrogens (tertiary/aromatic N) is 1. The molecule has 7 heteroatoms. The van der Waals surface area contributed by atoms with Crippen LogP contribution in [0.5, 0.6) is 0 Å². The molecule has 3 rings (SSSR count). The number of carbonyl (C=O) groups excluding carboxylic acids is 2. The van der Waals surface area contributed by atoms with Gasteiger partial charge in [-0.3, -0.25) is 4.79 Å². The van der Waals surface area contributed by atoms with Crippen molar-refractivity contribution < 1.29 is 9.59 Å². The van der Waals surface area contributed by atoms with Crippen LogP contribution in [0.4, 0.5) is 10.5 Å². The van der Waals surface area contributed by atoms with Crippen molar-refractivity contribution in [2.75, 3.05) is 18.4 Å². The van der Waals surface area contributed by atoms with E-state index in [0.29, 0.717) is 21.3 Å². The van der Waals surface area contributed by atoms with Crippen molar-refractivity contribution in [3.8, 4) is 0 Å². The van der Waals surface area contributed by atoms with Gasteiger partial charge in [-0.25, -0.2) is 4.79 Å². The Labute approximate surface area is 175 Å². The van der Waals surface area contributed by atoms with Crippen molar-refractivity contribution >= 4 is 40.8 Å². The highest BCUT2D eigenvalue weighted by atomic mass is 35.5. The van der Waals surface area contributed by atoms with E-state index in [1.165, 1.54) is 0 Å². The number of carbonyl (C=O) groups is 2. The number of likely N-dealkylation sites (tertiary alicyclic amines) is 1. The quantitative estimate of drug-likeness (QED) is 0.707. The highest BCUT2D eigenvalue weighted by Gasteiger charge is 2.24. The maximum atomic E-state index is 12.5. The fraction of sp³-hybridized carbons (Fsp3) is 0.333. The zero-order valence-electron chi connectivity index (χ0n) is 15.9. The first-order valence-corrected chi connectivity index (χ1v) is 9.96. The van der Waals surface area contributed by atoms with Gasteiger partial charge in [0.15, 0.2) is 0 Å². The monoisotopic (exact) mass is 419 g/mol. The van der Waals surface area contributed by atoms with Crippen LogP contribution in [0.1, 0.15) is 42.6 Å². The van der Waals surface area contributed by atoms with E-state index in [1.54, 1.807) is 36.4 Å². The van der Waals surface area contributed by atoms with Crippen molar-refractivity contribution in [2.24, 2.45) is 0 Å². The van der Waals surface area contributed by atoms with Crippen molar-refractivity contribution in [3.05, 3.63) is 63.6 Å². The molecule has 2 N–H and O–H groups in total. The number of benzene rings is 2. The fourth-order valence-electron chi connectivity index (χ4n) is 3.24. The molecule has 0 radical (unpaired) electrons. The number of hydrogen-bond donors (Lipinski definition) is 2. The van der Waals surface area contributed by atoms with Crippen LogP contribution in [0.3, 0.4) is 0 Å². The second-order valence-corrected chi connectivity index (χ2v) is 8.23. The van der Waals surface area contributed by atoms with Crippen molar-refractivity contribution in [1.29, 1.82) is 0 Å². The van der Waals surface area contributed by atoms with E-state index in [1.807, 2.05) is 24.8 Å². The first kappa shape index (κ1) is 20.5. The van der Waals surface area contributed by atoms with Crippen LogP contribution >= 0.6 is 23.2 Å². The summed E-state index contributed by atoms with van der Waals surface area (Å²) < 4.78 is 0. The van der Waals surface area contributed by atoms with Crippen LogP contribution in [0.25, 0.3) is 0 Å². The van der Waals surface area contributed by atoms with Gasteiger partial charge in [0.05, 0.1) is 15.6 Å². The average molecular weight is 420 g/mol. The molecular formula is C21H23Cl2N3O2. The maximum absolute atomic E-state index is 12.5. The zero-order chi connectivity index (χ0) is 20.3. The number of anilines is 1. The highest BCUT2D eigenvalue weighted by molar-refractivity contribution is 6.42. The van der Waals surface area contributed by atoms with E-state index in [2.05, 4.69) is 10.6 Å². The van der Waals surface area contributed by atoms with Crippen molar-refractivity contribution in [3.63, 3.8) is 0 Å². The Morgan fingerprint density at radius 1 is 1.00 bits per heavy atom. The summed E-state index contributed by atoms with van der Waals surface area (Å²) in [5.74, 6) is -0.00214. The van der Waals surface area contributed by atoms with E-state index in [-0.39, 0.29) is 11.9 Å². The van der Waals surface area contributed by atoms with Crippen molar-refractivity contribution in [1.82, 2.24) is 10.2 Å². The number of urea groups is 1. The van der Waals surface area contributed by atoms with Crippen LogP contribution in [0.2, 0.25) is 10.0 Å². The van der Waals surface area contributed by atoms with Crippen molar-refractivity contribution in [2.45, 2.75) is 32.2 Å². The van der Waals surface area contributed by atoms with Crippen LogP contribution < -0.4 is 10.6 Å². The molecule has 28 heavy (non-hydrogen) atoms. The molecule has 1 aliphatic rings. The van der Waals surface area contributed by atoms with Gasteiger partial charge in [-0.1, -0.05) is 35.3 Å². The van der Waals surface area contributed by atoms with E-state index in [9.17, 15) is 9.59 Å². The molecule has 0 bridgehead atoms. The number of hydrogen-bond acceptors (Lipinski definition) is 2. The Morgan fingerprint density at radius 2 is 1.71 bits per heavy atom. The van der Waals surface area contributed by atoms with Gasteiger partial charge in [-0.05, 0) is 62.6 Å². The van der Waals surface area contributed by atoms with Gasteiger partial charge in [-0.2, -0.15) is 0 Å². The minimum Gasteiger partial charge on any atom is -0.339 e. The standard InChI is InChI=1S/C21H23Cl2N3O2/c1-21(2,15-8-9-17(22)18(23)13-15)25-20(28)24-16-7-5-6-14(12-16)19(27)26-10-3-4-11-26/h5-9,12-13H,3-4,10-11H2,1-2H3,(H2,24,25,28). The Bertz CT molecular complexity index is 893. The topological polar surface area (TPSA) is 61.4 Å². The molecule has 1 fully saturated rings. The lowest BCUT2D eigenvalue weighted by atomic mass is 9.94. The third kappa shape index (κ3) is 4.78. The summed E-state index contributed by atoms with van der Waals surface area (Å²) in [6.45, 7) is 5.32. The normalized spacial score (nSPS) is 14.1. The van der Waals surface area contributed by atoms with Gasteiger partial charge >= 0.3 is 6.03 Å². The predicted octanol–water partition coefficient (Wildman–Crippen LogP) is 5.29. The summed E-state index contributed by atoms with van der Waals surface area (Å²) in [6.07, 6.45) is 2.08. The summed E-state index contributed by atoms with van der Waals surface area (Å²) in [6, 6.07) is 11.9. The Kier molecular flexibility index (Phi) is 6.16. The molecule has 1 aliphatic heterocycles. The maximum Gasteiger partial charge on any atom is 0.319 e. The molecule has 0 saturated carbocycles. The van der Waals surface area contributed by atoms with Gasteiger partial charge in [0.25, 0.3) is 5.91 Å². The van der Waals surface area contributed by atoms with E-state index in [0.717, 1.165) is 31.5 Å². The molecule has 148 valence electrons. The molecule has 0 atom stereocenters. The van der Waals surface area contributed by atoms with Gasteiger partial charge < -0.3 is 15.5 Å². The second-order valence-electron chi connectivity index (χ2n) is 7.41. The molecule has 0 aromatic heterocycles. The zero-order valence-corrected chi connectivity index (χ0v) is 17.4. The summed E-state index contributed by atoms with van der Waals surface area (Å²) >= 11 is 12.1. The van der Waals surface area contributed by atoms with E-state index >= 15 is 0 Å². The van der Waals surface area contributed by atoms with E-state index < -0.39 is 5.54 Å². The summed E-state index contributed by atoms with van der Waals surface area (Å²) in [4.78, 5) is 26.9. The first-order chi connectivity index (χ1) is 13.3. The number of nitrogens with one attached hydrogen (secondary N) is 2. The molecule has 0 aliphatic carbocycles. The minimum absolute atomic E-state index is 0.00214. The highest BCUT2D eigenvalue weighted by Crippen LogP contribution is 2.28. The van der Waals surface area contributed by atoms with Gasteiger partial charge in [0, 0.05) is 24.3 Å². The molecule has 1 saturated heterocycles. The minimum atomic E-state index is -0.665. The second kappa shape index (κ2) is 8.41. The van der Waals surface area contributed by atoms with Crippen LogP contribution in [-0.4, -0.2) is 29.9 Å². The van der Waals surface area contributed by atoms with Crippen LogP contribution in [-0.2, 0) is 5.54 Å². The SMILES string of the molecule is CC(C)(NC(=O)Nc1cccc(C(=O)N2CCCC2)c1)c1ccc(Cl)c(Cl)c1. The Balaban J connectivity index is 1.68. The lowest BCUT2D eigenvalue weighted by molar-refractivity contribution is 0.0793. The molecule has 5 nitrogen and oxygen atoms in total. The third-order valence-electron chi connectivity index (χ3n) is 4.83.